The standard InChI is InChI=1S/C30H30N6O/c1-21-4-5-24(18-22(21)6-9-26-20-32-30-31-12-3-13-36(26)30)29(37)33-25-8-10-27-23(19-25)7-11-28(27)35-16-14-34(2)15-17-35/h3-5,8,10,12-13,18-20,28H,7,11,14-17H2,1-2H3,(H,33,37). The highest BCUT2D eigenvalue weighted by Crippen LogP contribution is 2.37. The molecular weight excluding hydrogens is 460 g/mol. The molecule has 4 aromatic rings. The number of amides is 1. The maximum Gasteiger partial charge on any atom is 0.255 e. The lowest BCUT2D eigenvalue weighted by molar-refractivity contribution is 0.102. The molecule has 1 aliphatic heterocycles. The van der Waals surface area contributed by atoms with Gasteiger partial charge in [-0.2, -0.15) is 0 Å². The van der Waals surface area contributed by atoms with E-state index < -0.39 is 0 Å². The summed E-state index contributed by atoms with van der Waals surface area (Å²) >= 11 is 0. The molecule has 2 aromatic heterocycles. The van der Waals surface area contributed by atoms with Crippen molar-refractivity contribution in [3.8, 4) is 11.8 Å². The van der Waals surface area contributed by atoms with Crippen molar-refractivity contribution >= 4 is 17.4 Å². The second-order valence-electron chi connectivity index (χ2n) is 9.97. The number of benzene rings is 2. The first-order valence-electron chi connectivity index (χ1n) is 12.8. The van der Waals surface area contributed by atoms with Crippen molar-refractivity contribution in [3.05, 3.63) is 94.6 Å². The number of likely N-dealkylation sites (N-methyl/N-ethyl adjacent to an activating group) is 1. The van der Waals surface area contributed by atoms with Crippen LogP contribution >= 0.6 is 0 Å². The third kappa shape index (κ3) is 4.74. The second-order valence-corrected chi connectivity index (χ2v) is 9.97. The number of piperazine rings is 1. The molecule has 1 amide bonds. The van der Waals surface area contributed by atoms with Gasteiger partial charge in [0.25, 0.3) is 5.91 Å². The Bertz CT molecular complexity index is 1540. The van der Waals surface area contributed by atoms with Crippen LogP contribution < -0.4 is 5.32 Å². The maximum atomic E-state index is 13.1. The Hall–Kier alpha value is -3.99. The fourth-order valence-corrected chi connectivity index (χ4v) is 5.34. The summed E-state index contributed by atoms with van der Waals surface area (Å²) in [5.74, 6) is 6.87. The monoisotopic (exact) mass is 490 g/mol. The molecule has 1 saturated heterocycles. The van der Waals surface area contributed by atoms with Gasteiger partial charge >= 0.3 is 0 Å². The lowest BCUT2D eigenvalue weighted by atomic mass is 10.0. The molecule has 1 atom stereocenters. The first-order chi connectivity index (χ1) is 18.0. The molecule has 37 heavy (non-hydrogen) atoms. The van der Waals surface area contributed by atoms with Gasteiger partial charge in [-0.15, -0.1) is 0 Å². The molecule has 0 bridgehead atoms. The van der Waals surface area contributed by atoms with Crippen molar-refractivity contribution in [3.63, 3.8) is 0 Å². The zero-order valence-corrected chi connectivity index (χ0v) is 21.2. The fourth-order valence-electron chi connectivity index (χ4n) is 5.34. The lowest BCUT2D eigenvalue weighted by Crippen LogP contribution is -2.45. The van der Waals surface area contributed by atoms with Gasteiger partial charge in [0.05, 0.1) is 6.20 Å². The Balaban J connectivity index is 1.18. The van der Waals surface area contributed by atoms with Gasteiger partial charge in [-0.05, 0) is 79.8 Å². The van der Waals surface area contributed by atoms with E-state index in [0.29, 0.717) is 17.4 Å². The van der Waals surface area contributed by atoms with Gasteiger partial charge < -0.3 is 10.2 Å². The first kappa shape index (κ1) is 23.4. The van der Waals surface area contributed by atoms with Crippen molar-refractivity contribution in [2.24, 2.45) is 0 Å². The van der Waals surface area contributed by atoms with Crippen molar-refractivity contribution in [1.29, 1.82) is 0 Å². The third-order valence-electron chi connectivity index (χ3n) is 7.54. The predicted octanol–water partition coefficient (Wildman–Crippen LogP) is 3.92. The molecule has 1 aliphatic carbocycles. The smallest absolute Gasteiger partial charge is 0.255 e. The number of anilines is 1. The molecule has 2 aliphatic rings. The van der Waals surface area contributed by atoms with Crippen molar-refractivity contribution in [2.75, 3.05) is 38.5 Å². The van der Waals surface area contributed by atoms with Crippen LogP contribution in [0.2, 0.25) is 0 Å². The number of aromatic nitrogens is 3. The Morgan fingerprint density at radius 1 is 1.05 bits per heavy atom. The van der Waals surface area contributed by atoms with E-state index in [1.165, 1.54) is 11.1 Å². The molecule has 1 unspecified atom stereocenters. The Morgan fingerprint density at radius 2 is 1.92 bits per heavy atom. The normalized spacial score (nSPS) is 17.8. The minimum absolute atomic E-state index is 0.129. The minimum Gasteiger partial charge on any atom is -0.322 e. The number of nitrogens with zero attached hydrogens (tertiary/aromatic N) is 5. The summed E-state index contributed by atoms with van der Waals surface area (Å²) in [4.78, 5) is 26.7. The Morgan fingerprint density at radius 3 is 2.78 bits per heavy atom. The average Bonchev–Trinajstić information content (AvgIpc) is 3.52. The average molecular weight is 491 g/mol. The topological polar surface area (TPSA) is 65.8 Å². The summed E-state index contributed by atoms with van der Waals surface area (Å²) in [5, 5.41) is 3.10. The number of nitrogens with one attached hydrogen (secondary N) is 1. The van der Waals surface area contributed by atoms with Gasteiger partial charge in [0.1, 0.15) is 5.69 Å². The van der Waals surface area contributed by atoms with Crippen LogP contribution in [0, 0.1) is 18.8 Å². The van der Waals surface area contributed by atoms with E-state index in [2.05, 4.69) is 56.1 Å². The molecule has 6 rings (SSSR count). The molecule has 7 nitrogen and oxygen atoms in total. The molecular formula is C30H30N6O. The summed E-state index contributed by atoms with van der Waals surface area (Å²) < 4.78 is 1.85. The van der Waals surface area contributed by atoms with E-state index >= 15 is 0 Å². The largest absolute Gasteiger partial charge is 0.322 e. The molecule has 186 valence electrons. The van der Waals surface area contributed by atoms with Crippen LogP contribution in [0.5, 0.6) is 0 Å². The zero-order valence-electron chi connectivity index (χ0n) is 21.2. The van der Waals surface area contributed by atoms with Crippen molar-refractivity contribution in [2.45, 2.75) is 25.8 Å². The van der Waals surface area contributed by atoms with Crippen LogP contribution in [0.15, 0.2) is 61.1 Å². The van der Waals surface area contributed by atoms with Gasteiger partial charge in [-0.3, -0.25) is 14.1 Å². The number of carbonyl (C=O) groups excluding carboxylic acids is 1. The molecule has 0 saturated carbocycles. The maximum absolute atomic E-state index is 13.1. The molecule has 1 N–H and O–H groups in total. The van der Waals surface area contributed by atoms with E-state index in [0.717, 1.165) is 61.5 Å². The summed E-state index contributed by atoms with van der Waals surface area (Å²) in [6.07, 6.45) is 7.51. The van der Waals surface area contributed by atoms with Crippen LogP contribution in [0.4, 0.5) is 5.69 Å². The van der Waals surface area contributed by atoms with Gasteiger partial charge in [0.15, 0.2) is 0 Å². The molecule has 2 aromatic carbocycles. The molecule has 0 spiro atoms. The van der Waals surface area contributed by atoms with Crippen LogP contribution in [0.1, 0.15) is 50.8 Å². The summed E-state index contributed by atoms with van der Waals surface area (Å²) in [7, 11) is 2.19. The van der Waals surface area contributed by atoms with Crippen LogP contribution in [-0.4, -0.2) is 63.3 Å². The number of rotatable bonds is 3. The molecule has 1 fully saturated rings. The SMILES string of the molecule is Cc1ccc(C(=O)Nc2ccc3c(c2)CCC3N2CCN(C)CC2)cc1C#Cc1cnc2ncccn12. The van der Waals surface area contributed by atoms with E-state index in [1.54, 1.807) is 12.4 Å². The summed E-state index contributed by atoms with van der Waals surface area (Å²) in [5.41, 5.74) is 6.78. The van der Waals surface area contributed by atoms with Gasteiger partial charge in [0.2, 0.25) is 5.78 Å². The number of aryl methyl sites for hydroxylation is 2. The van der Waals surface area contributed by atoms with Crippen molar-refractivity contribution in [1.82, 2.24) is 24.2 Å². The highest BCUT2D eigenvalue weighted by atomic mass is 16.1. The molecule has 3 heterocycles. The highest BCUT2D eigenvalue weighted by Gasteiger charge is 2.29. The Labute approximate surface area is 217 Å². The number of carbonyl (C=O) groups is 1. The number of hydrogen-bond donors (Lipinski definition) is 1. The number of hydrogen-bond acceptors (Lipinski definition) is 5. The van der Waals surface area contributed by atoms with E-state index in [9.17, 15) is 4.79 Å². The number of imidazole rings is 1. The fraction of sp³-hybridized carbons (Fsp3) is 0.300. The van der Waals surface area contributed by atoms with E-state index in [4.69, 9.17) is 0 Å². The highest BCUT2D eigenvalue weighted by molar-refractivity contribution is 6.04. The van der Waals surface area contributed by atoms with Crippen LogP contribution in [0.25, 0.3) is 5.78 Å². The van der Waals surface area contributed by atoms with E-state index in [-0.39, 0.29) is 5.91 Å². The second kappa shape index (κ2) is 9.81. The third-order valence-corrected chi connectivity index (χ3v) is 7.54. The van der Waals surface area contributed by atoms with Crippen LogP contribution in [-0.2, 0) is 6.42 Å². The molecule has 0 radical (unpaired) electrons. The Kier molecular flexibility index (Phi) is 6.21. The first-order valence-corrected chi connectivity index (χ1v) is 12.8. The zero-order chi connectivity index (χ0) is 25.4. The predicted molar refractivity (Wildman–Crippen MR) is 145 cm³/mol. The minimum atomic E-state index is -0.129. The van der Waals surface area contributed by atoms with Crippen molar-refractivity contribution < 1.29 is 4.79 Å². The van der Waals surface area contributed by atoms with Gasteiger partial charge in [0, 0.05) is 61.4 Å². The van der Waals surface area contributed by atoms with E-state index in [1.807, 2.05) is 47.9 Å². The number of fused-ring (bicyclic) bond motifs is 2. The summed E-state index contributed by atoms with van der Waals surface area (Å²) in [6, 6.07) is 14.4. The van der Waals surface area contributed by atoms with Gasteiger partial charge in [-0.1, -0.05) is 18.1 Å². The molecule has 7 heteroatoms. The van der Waals surface area contributed by atoms with Crippen LogP contribution in [0.3, 0.4) is 0 Å². The summed E-state index contributed by atoms with van der Waals surface area (Å²) in [6.45, 7) is 6.48. The van der Waals surface area contributed by atoms with Gasteiger partial charge in [-0.25, -0.2) is 9.97 Å². The quantitative estimate of drug-likeness (QED) is 0.441. The lowest BCUT2D eigenvalue weighted by Gasteiger charge is -2.36.